The van der Waals surface area contributed by atoms with Gasteiger partial charge in [0.15, 0.2) is 5.13 Å². The van der Waals surface area contributed by atoms with Gasteiger partial charge in [0.05, 0.1) is 18.4 Å². The second-order valence-electron chi connectivity index (χ2n) is 6.02. The smallest absolute Gasteiger partial charge is 0.251 e. The fourth-order valence-corrected chi connectivity index (χ4v) is 3.80. The number of thiazole rings is 1. The molecule has 0 spiro atoms. The molecule has 1 aliphatic heterocycles. The number of ether oxygens (including phenoxy) is 1. The Bertz CT molecular complexity index is 684. The van der Waals surface area contributed by atoms with Gasteiger partial charge in [-0.3, -0.25) is 10.1 Å². The maximum atomic E-state index is 11.4. The van der Waals surface area contributed by atoms with E-state index in [0.29, 0.717) is 11.7 Å². The van der Waals surface area contributed by atoms with E-state index in [1.54, 1.807) is 0 Å². The summed E-state index contributed by atoms with van der Waals surface area (Å²) < 4.78 is 6.03. The van der Waals surface area contributed by atoms with E-state index in [1.165, 1.54) is 16.9 Å². The molecule has 0 atom stereocenters. The Balaban J connectivity index is 1.71. The summed E-state index contributed by atoms with van der Waals surface area (Å²) in [6.07, 6.45) is 3.01. The van der Waals surface area contributed by atoms with Gasteiger partial charge in [0.25, 0.3) is 5.91 Å². The number of rotatable bonds is 7. The number of aliphatic hydroxyl groups excluding tert-OH is 1. The largest absolute Gasteiger partial charge is 0.387 e. The second kappa shape index (κ2) is 9.05. The molecule has 0 radical (unpaired) electrons. The van der Waals surface area contributed by atoms with Crippen molar-refractivity contribution in [2.45, 2.75) is 32.0 Å². The van der Waals surface area contributed by atoms with Gasteiger partial charge in [-0.1, -0.05) is 30.3 Å². The quantitative estimate of drug-likeness (QED) is 0.702. The number of hydrogen-bond acceptors (Lipinski definition) is 6. The first-order valence-electron chi connectivity index (χ1n) is 8.50. The number of anilines is 1. The van der Waals surface area contributed by atoms with Gasteiger partial charge in [0.1, 0.15) is 6.61 Å². The number of carbonyl (C=O) groups excluding carboxylic acids is 1. The number of hydrogen-bond donors (Lipinski definition) is 3. The lowest BCUT2D eigenvalue weighted by Crippen LogP contribution is -2.32. The van der Waals surface area contributed by atoms with Crippen molar-refractivity contribution in [3.8, 4) is 0 Å². The van der Waals surface area contributed by atoms with Crippen molar-refractivity contribution in [2.75, 3.05) is 25.0 Å². The molecule has 1 fully saturated rings. The number of nitrogens with zero attached hydrogens (tertiary/aromatic N) is 1. The number of benzene rings is 1. The number of aliphatic hydroxyl groups is 1. The molecule has 0 unspecified atom stereocenters. The summed E-state index contributed by atoms with van der Waals surface area (Å²) in [5, 5.41) is 15.4. The van der Waals surface area contributed by atoms with Gasteiger partial charge in [0.2, 0.25) is 0 Å². The molecule has 3 rings (SSSR count). The van der Waals surface area contributed by atoms with Crippen LogP contribution in [0.25, 0.3) is 0 Å². The first-order valence-corrected chi connectivity index (χ1v) is 9.32. The molecule has 3 N–H and O–H groups in total. The van der Waals surface area contributed by atoms with E-state index >= 15 is 0 Å². The highest BCUT2D eigenvalue weighted by atomic mass is 32.1. The van der Waals surface area contributed by atoms with Crippen LogP contribution in [0, 0.1) is 0 Å². The number of aromatic nitrogens is 1. The predicted molar refractivity (Wildman–Crippen MR) is 97.8 cm³/mol. The molecular formula is C18H23N3O3S. The van der Waals surface area contributed by atoms with Crippen LogP contribution in [0.5, 0.6) is 0 Å². The van der Waals surface area contributed by atoms with E-state index in [4.69, 9.17) is 9.84 Å². The highest BCUT2D eigenvalue weighted by Crippen LogP contribution is 2.27. The van der Waals surface area contributed by atoms with Crippen molar-refractivity contribution in [1.29, 1.82) is 0 Å². The average molecular weight is 361 g/mol. The minimum absolute atomic E-state index is 0.253. The molecule has 1 aromatic carbocycles. The topological polar surface area (TPSA) is 83.5 Å². The Hall–Kier alpha value is -1.80. The molecule has 0 bridgehead atoms. The second-order valence-corrected chi connectivity index (χ2v) is 7.10. The molecule has 0 aliphatic carbocycles. The molecule has 7 heteroatoms. The summed E-state index contributed by atoms with van der Waals surface area (Å²) in [4.78, 5) is 17.0. The van der Waals surface area contributed by atoms with Crippen LogP contribution < -0.4 is 10.6 Å². The molecule has 6 nitrogen and oxygen atoms in total. The van der Waals surface area contributed by atoms with Gasteiger partial charge >= 0.3 is 0 Å². The van der Waals surface area contributed by atoms with E-state index in [1.807, 2.05) is 18.2 Å². The van der Waals surface area contributed by atoms with Crippen LogP contribution in [0.3, 0.4) is 0 Å². The Kier molecular flexibility index (Phi) is 6.52. The molecule has 2 aromatic rings. The number of piperidine rings is 1. The summed E-state index contributed by atoms with van der Waals surface area (Å²) >= 11 is 1.44. The van der Waals surface area contributed by atoms with Crippen LogP contribution in [0.1, 0.15) is 29.0 Å². The van der Waals surface area contributed by atoms with Gasteiger partial charge in [-0.25, -0.2) is 4.98 Å². The monoisotopic (exact) mass is 361 g/mol. The Morgan fingerprint density at radius 1 is 1.32 bits per heavy atom. The molecule has 1 amide bonds. The lowest BCUT2D eigenvalue weighted by Gasteiger charge is -2.22. The maximum absolute atomic E-state index is 11.4. The van der Waals surface area contributed by atoms with Crippen LogP contribution in [0.2, 0.25) is 0 Å². The number of nitrogens with one attached hydrogen (secondary N) is 2. The van der Waals surface area contributed by atoms with Crippen molar-refractivity contribution in [2.24, 2.45) is 0 Å². The third kappa shape index (κ3) is 5.34. The van der Waals surface area contributed by atoms with Gasteiger partial charge in [-0.2, -0.15) is 0 Å². The summed E-state index contributed by atoms with van der Waals surface area (Å²) in [5.41, 5.74) is 2.05. The van der Waals surface area contributed by atoms with Gasteiger partial charge in [-0.15, -0.1) is 11.3 Å². The highest BCUT2D eigenvalue weighted by molar-refractivity contribution is 7.15. The zero-order chi connectivity index (χ0) is 17.5. The van der Waals surface area contributed by atoms with Gasteiger partial charge in [0, 0.05) is 11.3 Å². The maximum Gasteiger partial charge on any atom is 0.251 e. The highest BCUT2D eigenvalue weighted by Gasteiger charge is 2.17. The predicted octanol–water partition coefficient (Wildman–Crippen LogP) is 1.93. The standard InChI is InChI=1S/C18H23N3O3S/c22-11-17(23)21-18-20-15(12-24-14-6-8-19-9-7-14)16(25-18)10-13-4-2-1-3-5-13/h1-5,14,19,22H,6-12H2,(H,20,21,23). The Morgan fingerprint density at radius 2 is 2.08 bits per heavy atom. The minimum Gasteiger partial charge on any atom is -0.387 e. The minimum atomic E-state index is -0.547. The van der Waals surface area contributed by atoms with E-state index < -0.39 is 12.5 Å². The van der Waals surface area contributed by atoms with E-state index in [2.05, 4.69) is 27.8 Å². The molecule has 0 saturated carbocycles. The van der Waals surface area contributed by atoms with Crippen LogP contribution >= 0.6 is 11.3 Å². The molecule has 1 aromatic heterocycles. The zero-order valence-corrected chi connectivity index (χ0v) is 14.8. The third-order valence-electron chi connectivity index (χ3n) is 4.12. The lowest BCUT2D eigenvalue weighted by atomic mass is 10.1. The Morgan fingerprint density at radius 3 is 2.80 bits per heavy atom. The molecule has 134 valence electrons. The summed E-state index contributed by atoms with van der Waals surface area (Å²) in [6.45, 7) is 1.86. The van der Waals surface area contributed by atoms with Gasteiger partial charge in [-0.05, 0) is 31.5 Å². The SMILES string of the molecule is O=C(CO)Nc1nc(COC2CCNCC2)c(Cc2ccccc2)s1. The third-order valence-corrected chi connectivity index (χ3v) is 5.13. The summed E-state index contributed by atoms with van der Waals surface area (Å²) in [5.74, 6) is -0.453. The summed E-state index contributed by atoms with van der Waals surface area (Å²) in [6, 6.07) is 10.2. The van der Waals surface area contributed by atoms with E-state index in [-0.39, 0.29) is 6.10 Å². The lowest BCUT2D eigenvalue weighted by molar-refractivity contribution is -0.118. The fourth-order valence-electron chi connectivity index (χ4n) is 2.79. The Labute approximate surface area is 151 Å². The van der Waals surface area contributed by atoms with E-state index in [9.17, 15) is 4.79 Å². The normalized spacial score (nSPS) is 15.2. The van der Waals surface area contributed by atoms with Gasteiger partial charge < -0.3 is 15.2 Å². The molecule has 1 aliphatic rings. The fraction of sp³-hybridized carbons (Fsp3) is 0.444. The average Bonchev–Trinajstić information content (AvgIpc) is 3.02. The van der Waals surface area contributed by atoms with Crippen LogP contribution in [-0.2, 0) is 22.6 Å². The van der Waals surface area contributed by atoms with Crippen molar-refractivity contribution >= 4 is 22.4 Å². The van der Waals surface area contributed by atoms with Crippen molar-refractivity contribution in [3.63, 3.8) is 0 Å². The van der Waals surface area contributed by atoms with Crippen LogP contribution in [-0.4, -0.2) is 41.8 Å². The molecule has 2 heterocycles. The van der Waals surface area contributed by atoms with Crippen LogP contribution in [0.4, 0.5) is 5.13 Å². The first kappa shape index (κ1) is 18.0. The van der Waals surface area contributed by atoms with Crippen LogP contribution in [0.15, 0.2) is 30.3 Å². The number of carbonyl (C=O) groups is 1. The van der Waals surface area contributed by atoms with Crippen molar-refractivity contribution < 1.29 is 14.6 Å². The van der Waals surface area contributed by atoms with E-state index in [0.717, 1.165) is 42.9 Å². The summed E-state index contributed by atoms with van der Waals surface area (Å²) in [7, 11) is 0. The molecular weight excluding hydrogens is 338 g/mol. The number of amides is 1. The zero-order valence-electron chi connectivity index (χ0n) is 14.0. The van der Waals surface area contributed by atoms with Crippen molar-refractivity contribution in [1.82, 2.24) is 10.3 Å². The first-order chi connectivity index (χ1) is 12.2. The molecule has 25 heavy (non-hydrogen) atoms. The molecule has 1 saturated heterocycles. The van der Waals surface area contributed by atoms with Crippen molar-refractivity contribution in [3.05, 3.63) is 46.5 Å².